The van der Waals surface area contributed by atoms with E-state index in [1.807, 2.05) is 0 Å². The van der Waals surface area contributed by atoms with Crippen LogP contribution in [0, 0.1) is 6.92 Å². The topological polar surface area (TPSA) is 111 Å². The maximum absolute atomic E-state index is 12.0. The molecule has 3 rings (SSSR count). The number of amides is 2. The summed E-state index contributed by atoms with van der Waals surface area (Å²) in [5.41, 5.74) is 8.85. The molecule has 0 saturated heterocycles. The number of thiophene rings is 1. The van der Waals surface area contributed by atoms with Gasteiger partial charge in [-0.1, -0.05) is 0 Å². The van der Waals surface area contributed by atoms with Gasteiger partial charge in [0, 0.05) is 4.88 Å². The van der Waals surface area contributed by atoms with E-state index in [0.29, 0.717) is 21.1 Å². The molecule has 9 heteroatoms. The van der Waals surface area contributed by atoms with E-state index < -0.39 is 24.4 Å². The van der Waals surface area contributed by atoms with Gasteiger partial charge in [0.2, 0.25) is 0 Å². The third-order valence-corrected chi connectivity index (χ3v) is 5.80. The predicted molar refractivity (Wildman–Crippen MR) is 90.6 cm³/mol. The van der Waals surface area contributed by atoms with Crippen molar-refractivity contribution in [2.45, 2.75) is 26.2 Å². The standard InChI is InChI=1S/C15H15N3O4S2/c1-7-12(23-6-17-7)15(21)22-5-10(19)18-14-11(13(16)20)8-3-2-4-9(8)24-14/h6H,2-5H2,1H3,(H2,16,20)(H,18,19). The molecule has 0 atom stereocenters. The maximum Gasteiger partial charge on any atom is 0.350 e. The molecule has 0 spiro atoms. The molecule has 7 nitrogen and oxygen atoms in total. The van der Waals surface area contributed by atoms with Gasteiger partial charge in [-0.2, -0.15) is 0 Å². The van der Waals surface area contributed by atoms with E-state index in [1.54, 1.807) is 6.92 Å². The molecule has 126 valence electrons. The summed E-state index contributed by atoms with van der Waals surface area (Å²) in [6.45, 7) is 1.26. The number of aromatic nitrogens is 1. The Balaban J connectivity index is 1.65. The van der Waals surface area contributed by atoms with Crippen LogP contribution in [0.25, 0.3) is 0 Å². The van der Waals surface area contributed by atoms with Crippen LogP contribution >= 0.6 is 22.7 Å². The molecule has 2 heterocycles. The monoisotopic (exact) mass is 365 g/mol. The van der Waals surface area contributed by atoms with Crippen molar-refractivity contribution in [1.29, 1.82) is 0 Å². The van der Waals surface area contributed by atoms with Gasteiger partial charge in [-0.05, 0) is 31.7 Å². The first-order chi connectivity index (χ1) is 11.5. The van der Waals surface area contributed by atoms with Gasteiger partial charge in [0.25, 0.3) is 11.8 Å². The third-order valence-electron chi connectivity index (χ3n) is 3.69. The van der Waals surface area contributed by atoms with Gasteiger partial charge in [-0.15, -0.1) is 22.7 Å². The number of thiazole rings is 1. The van der Waals surface area contributed by atoms with E-state index in [2.05, 4.69) is 10.3 Å². The Morgan fingerprint density at radius 1 is 1.38 bits per heavy atom. The first-order valence-electron chi connectivity index (χ1n) is 7.28. The smallest absolute Gasteiger partial charge is 0.350 e. The highest BCUT2D eigenvalue weighted by molar-refractivity contribution is 7.17. The van der Waals surface area contributed by atoms with E-state index in [1.165, 1.54) is 16.8 Å². The number of nitrogens with one attached hydrogen (secondary N) is 1. The van der Waals surface area contributed by atoms with Gasteiger partial charge in [0.15, 0.2) is 6.61 Å². The number of anilines is 1. The number of carbonyl (C=O) groups excluding carboxylic acids is 3. The SMILES string of the molecule is Cc1ncsc1C(=O)OCC(=O)Nc1sc2c(c1C(N)=O)CCC2. The Labute approximate surface area is 145 Å². The summed E-state index contributed by atoms with van der Waals surface area (Å²) in [4.78, 5) is 41.0. The minimum atomic E-state index is -0.589. The average molecular weight is 365 g/mol. The zero-order valence-electron chi connectivity index (χ0n) is 12.9. The number of hydrogen-bond donors (Lipinski definition) is 2. The summed E-state index contributed by atoms with van der Waals surface area (Å²) in [7, 11) is 0. The van der Waals surface area contributed by atoms with E-state index in [4.69, 9.17) is 10.5 Å². The fraction of sp³-hybridized carbons (Fsp3) is 0.333. The van der Waals surface area contributed by atoms with Crippen LogP contribution in [0.3, 0.4) is 0 Å². The van der Waals surface area contributed by atoms with Crippen molar-refractivity contribution < 1.29 is 19.1 Å². The van der Waals surface area contributed by atoms with Gasteiger partial charge in [0.05, 0.1) is 16.8 Å². The van der Waals surface area contributed by atoms with Crippen molar-refractivity contribution in [3.63, 3.8) is 0 Å². The van der Waals surface area contributed by atoms with Crippen LogP contribution in [0.1, 0.15) is 42.6 Å². The molecule has 2 aromatic rings. The molecular formula is C15H15N3O4S2. The Kier molecular flexibility index (Phi) is 4.63. The van der Waals surface area contributed by atoms with E-state index in [-0.39, 0.29) is 0 Å². The van der Waals surface area contributed by atoms with Crippen LogP contribution in [0.15, 0.2) is 5.51 Å². The number of rotatable bonds is 5. The number of fused-ring (bicyclic) bond motifs is 1. The van der Waals surface area contributed by atoms with E-state index in [9.17, 15) is 14.4 Å². The van der Waals surface area contributed by atoms with Gasteiger partial charge in [-0.3, -0.25) is 9.59 Å². The van der Waals surface area contributed by atoms with Gasteiger partial charge in [0.1, 0.15) is 9.88 Å². The molecule has 0 radical (unpaired) electrons. The highest BCUT2D eigenvalue weighted by atomic mass is 32.1. The number of hydrogen-bond acceptors (Lipinski definition) is 7. The second-order valence-electron chi connectivity index (χ2n) is 5.32. The summed E-state index contributed by atoms with van der Waals surface area (Å²) in [5, 5.41) is 3.06. The zero-order valence-corrected chi connectivity index (χ0v) is 14.5. The van der Waals surface area contributed by atoms with Gasteiger partial charge in [-0.25, -0.2) is 9.78 Å². The number of primary amides is 1. The summed E-state index contributed by atoms with van der Waals surface area (Å²) in [6.07, 6.45) is 2.66. The van der Waals surface area contributed by atoms with Crippen LogP contribution in [-0.2, 0) is 22.4 Å². The quantitative estimate of drug-likeness (QED) is 0.786. The molecule has 0 fully saturated rings. The Bertz CT molecular complexity index is 825. The van der Waals surface area contributed by atoms with E-state index >= 15 is 0 Å². The number of aryl methyl sites for hydroxylation is 2. The molecule has 0 saturated carbocycles. The highest BCUT2D eigenvalue weighted by Crippen LogP contribution is 2.38. The van der Waals surface area contributed by atoms with Crippen LogP contribution in [-0.4, -0.2) is 29.4 Å². The minimum Gasteiger partial charge on any atom is -0.451 e. The predicted octanol–water partition coefficient (Wildman–Crippen LogP) is 1.90. The molecule has 0 bridgehead atoms. The lowest BCUT2D eigenvalue weighted by molar-refractivity contribution is -0.119. The Morgan fingerprint density at radius 3 is 2.83 bits per heavy atom. The number of nitrogens with zero attached hydrogens (tertiary/aromatic N) is 1. The van der Waals surface area contributed by atoms with E-state index in [0.717, 1.165) is 41.0 Å². The van der Waals surface area contributed by atoms with Crippen LogP contribution in [0.4, 0.5) is 5.00 Å². The fourth-order valence-corrected chi connectivity index (χ4v) is 4.62. The molecular weight excluding hydrogens is 350 g/mol. The lowest BCUT2D eigenvalue weighted by Gasteiger charge is -2.06. The fourth-order valence-electron chi connectivity index (χ4n) is 2.61. The van der Waals surface area contributed by atoms with Crippen molar-refractivity contribution in [3.05, 3.63) is 32.1 Å². The molecule has 2 aromatic heterocycles. The molecule has 1 aliphatic carbocycles. The van der Waals surface area contributed by atoms with Crippen molar-refractivity contribution in [2.24, 2.45) is 5.73 Å². The number of esters is 1. The lowest BCUT2D eigenvalue weighted by atomic mass is 10.1. The van der Waals surface area contributed by atoms with Crippen molar-refractivity contribution >= 4 is 45.5 Å². The lowest BCUT2D eigenvalue weighted by Crippen LogP contribution is -2.22. The molecule has 0 aromatic carbocycles. The molecule has 3 N–H and O–H groups in total. The van der Waals surface area contributed by atoms with Crippen LogP contribution < -0.4 is 11.1 Å². The minimum absolute atomic E-state index is 0.371. The van der Waals surface area contributed by atoms with Gasteiger partial charge >= 0.3 is 5.97 Å². The summed E-state index contributed by atoms with van der Waals surface area (Å²) >= 11 is 2.52. The average Bonchev–Trinajstić information content (AvgIpc) is 3.19. The largest absolute Gasteiger partial charge is 0.451 e. The molecule has 0 aliphatic heterocycles. The number of carbonyl (C=O) groups is 3. The second kappa shape index (κ2) is 6.70. The number of ether oxygens (including phenoxy) is 1. The van der Waals surface area contributed by atoms with Crippen LogP contribution in [0.2, 0.25) is 0 Å². The van der Waals surface area contributed by atoms with Gasteiger partial charge < -0.3 is 15.8 Å². The van der Waals surface area contributed by atoms with Crippen molar-refractivity contribution in [2.75, 3.05) is 11.9 Å². The van der Waals surface area contributed by atoms with Crippen molar-refractivity contribution in [3.8, 4) is 0 Å². The maximum atomic E-state index is 12.0. The first kappa shape index (κ1) is 16.6. The second-order valence-corrected chi connectivity index (χ2v) is 7.28. The highest BCUT2D eigenvalue weighted by Gasteiger charge is 2.26. The molecule has 0 unspecified atom stereocenters. The van der Waals surface area contributed by atoms with Crippen molar-refractivity contribution in [1.82, 2.24) is 4.98 Å². The number of nitrogens with two attached hydrogens (primary N) is 1. The summed E-state index contributed by atoms with van der Waals surface area (Å²) in [5.74, 6) is -1.65. The third kappa shape index (κ3) is 3.17. The Hall–Kier alpha value is -2.26. The molecule has 2 amide bonds. The van der Waals surface area contributed by atoms with Crippen LogP contribution in [0.5, 0.6) is 0 Å². The normalized spacial score (nSPS) is 12.7. The summed E-state index contributed by atoms with van der Waals surface area (Å²) in [6, 6.07) is 0. The zero-order chi connectivity index (χ0) is 17.3. The Morgan fingerprint density at radius 2 is 2.17 bits per heavy atom. The summed E-state index contributed by atoms with van der Waals surface area (Å²) < 4.78 is 4.99. The first-order valence-corrected chi connectivity index (χ1v) is 8.98. The molecule has 1 aliphatic rings. The molecule has 24 heavy (non-hydrogen) atoms.